The van der Waals surface area contributed by atoms with Crippen LogP contribution < -0.4 is 11.1 Å². The summed E-state index contributed by atoms with van der Waals surface area (Å²) in [5.74, 6) is 0.102. The Labute approximate surface area is 214 Å². The van der Waals surface area contributed by atoms with Gasteiger partial charge in [0, 0.05) is 40.2 Å². The van der Waals surface area contributed by atoms with Gasteiger partial charge in [0.05, 0.1) is 0 Å². The summed E-state index contributed by atoms with van der Waals surface area (Å²) in [6.45, 7) is 26.9. The van der Waals surface area contributed by atoms with Crippen LogP contribution in [0.5, 0.6) is 0 Å². The summed E-state index contributed by atoms with van der Waals surface area (Å²) < 4.78 is 13.8. The van der Waals surface area contributed by atoms with Crippen molar-refractivity contribution in [2.45, 2.75) is 105 Å². The maximum Gasteiger partial charge on any atom is 0.116 e. The van der Waals surface area contributed by atoms with Gasteiger partial charge in [-0.3, -0.25) is 4.99 Å². The average molecular weight is 484 g/mol. The van der Waals surface area contributed by atoms with Gasteiger partial charge in [-0.05, 0) is 68.4 Å². The molecule has 0 aromatic rings. The second-order valence-corrected chi connectivity index (χ2v) is 9.87. The molecule has 4 atom stereocenters. The Morgan fingerprint density at radius 3 is 2.31 bits per heavy atom. The smallest absolute Gasteiger partial charge is 0.116 e. The lowest BCUT2D eigenvalue weighted by Gasteiger charge is -2.48. The predicted molar refractivity (Wildman–Crippen MR) is 153 cm³/mol. The lowest BCUT2D eigenvalue weighted by Crippen LogP contribution is -2.56. The van der Waals surface area contributed by atoms with Crippen LogP contribution in [0.4, 0.5) is 4.39 Å². The van der Waals surface area contributed by atoms with Crippen LogP contribution in [0, 0.1) is 11.3 Å². The first-order valence-corrected chi connectivity index (χ1v) is 13.4. The fourth-order valence-corrected chi connectivity index (χ4v) is 5.99. The summed E-state index contributed by atoms with van der Waals surface area (Å²) in [5.41, 5.74) is 12.6. The van der Waals surface area contributed by atoms with E-state index in [2.05, 4.69) is 57.7 Å². The minimum absolute atomic E-state index is 0.102. The summed E-state index contributed by atoms with van der Waals surface area (Å²) >= 11 is 0. The summed E-state index contributed by atoms with van der Waals surface area (Å²) in [6.07, 6.45) is 12.8. The molecule has 0 fully saturated rings. The number of nitrogens with zero attached hydrogens (tertiary/aromatic N) is 1. The Kier molecular flexibility index (Phi) is 12.1. The van der Waals surface area contributed by atoms with Crippen LogP contribution in [0.2, 0.25) is 0 Å². The van der Waals surface area contributed by atoms with Gasteiger partial charge >= 0.3 is 0 Å². The van der Waals surface area contributed by atoms with Crippen molar-refractivity contribution >= 4 is 5.71 Å². The van der Waals surface area contributed by atoms with E-state index in [1.54, 1.807) is 18.4 Å². The molecule has 4 unspecified atom stereocenters. The van der Waals surface area contributed by atoms with Gasteiger partial charge in [-0.25, -0.2) is 4.39 Å². The number of nitrogens with one attached hydrogen (secondary N) is 1. The van der Waals surface area contributed by atoms with Crippen LogP contribution >= 0.6 is 0 Å². The van der Waals surface area contributed by atoms with E-state index in [0.717, 1.165) is 73.2 Å². The maximum absolute atomic E-state index is 13.8. The second kappa shape index (κ2) is 13.8. The zero-order valence-corrected chi connectivity index (χ0v) is 23.4. The summed E-state index contributed by atoms with van der Waals surface area (Å²) in [5, 5.41) is 3.54. The number of halogens is 1. The molecule has 1 aliphatic carbocycles. The Morgan fingerprint density at radius 2 is 1.86 bits per heavy atom. The van der Waals surface area contributed by atoms with Crippen molar-refractivity contribution in [1.29, 1.82) is 0 Å². The highest BCUT2D eigenvalue weighted by atomic mass is 19.1. The highest BCUT2D eigenvalue weighted by Crippen LogP contribution is 2.59. The van der Waals surface area contributed by atoms with E-state index < -0.39 is 6.17 Å². The van der Waals surface area contributed by atoms with E-state index in [-0.39, 0.29) is 16.9 Å². The standard InChI is InChI=1S/C31H50FN3/c1-11-17-21-30(15-5)26(13-3)29(24(9)31(30,33)20-12-2)25(10)35-28(19-18-22(7)32)23(8)27(14-4)34-16-6/h13,16,18-19,22,24,35H,3,6,10-12,14-15,17,20-21,33H2,1-2,4-5,7-9H3/b19-18-,28-23-,34-27?. The van der Waals surface area contributed by atoms with Crippen molar-refractivity contribution in [1.82, 2.24) is 5.32 Å². The van der Waals surface area contributed by atoms with Gasteiger partial charge in [0.1, 0.15) is 6.17 Å². The highest BCUT2D eigenvalue weighted by molar-refractivity contribution is 6.00. The molecule has 0 aromatic carbocycles. The highest BCUT2D eigenvalue weighted by Gasteiger charge is 2.58. The molecule has 1 rings (SSSR count). The normalized spacial score (nSPS) is 26.7. The van der Waals surface area contributed by atoms with E-state index in [4.69, 9.17) is 5.73 Å². The Bertz CT molecular complexity index is 889. The molecule has 0 saturated heterocycles. The first-order valence-electron chi connectivity index (χ1n) is 13.4. The predicted octanol–water partition coefficient (Wildman–Crippen LogP) is 8.49. The summed E-state index contributed by atoms with van der Waals surface area (Å²) in [7, 11) is 0. The summed E-state index contributed by atoms with van der Waals surface area (Å²) in [4.78, 5) is 4.44. The number of nitrogens with two attached hydrogens (primary N) is 1. The molecule has 0 heterocycles. The lowest BCUT2D eigenvalue weighted by molar-refractivity contribution is 0.117. The van der Waals surface area contributed by atoms with Crippen LogP contribution in [-0.2, 0) is 0 Å². The number of rotatable bonds is 15. The molecular formula is C31H50FN3. The fraction of sp³-hybridized carbons (Fsp3) is 0.581. The van der Waals surface area contributed by atoms with E-state index in [1.165, 1.54) is 12.5 Å². The molecule has 0 aliphatic heterocycles. The van der Waals surface area contributed by atoms with Gasteiger partial charge in [-0.1, -0.05) is 79.7 Å². The van der Waals surface area contributed by atoms with E-state index in [9.17, 15) is 4.39 Å². The monoisotopic (exact) mass is 483 g/mol. The van der Waals surface area contributed by atoms with Crippen LogP contribution in [0.3, 0.4) is 0 Å². The molecule has 0 amide bonds. The quantitative estimate of drug-likeness (QED) is 0.181. The minimum atomic E-state index is -1.06. The number of hydrogen-bond acceptors (Lipinski definition) is 3. The molecule has 0 radical (unpaired) electrons. The summed E-state index contributed by atoms with van der Waals surface area (Å²) in [6, 6.07) is 0. The molecule has 35 heavy (non-hydrogen) atoms. The third kappa shape index (κ3) is 6.33. The van der Waals surface area contributed by atoms with Crippen molar-refractivity contribution < 1.29 is 4.39 Å². The topological polar surface area (TPSA) is 50.4 Å². The zero-order valence-electron chi connectivity index (χ0n) is 23.4. The number of allylic oxidation sites excluding steroid dienone is 5. The third-order valence-corrected chi connectivity index (χ3v) is 7.89. The van der Waals surface area contributed by atoms with Crippen LogP contribution in [0.1, 0.15) is 93.4 Å². The van der Waals surface area contributed by atoms with Gasteiger partial charge in [-0.15, -0.1) is 0 Å². The van der Waals surface area contributed by atoms with Crippen LogP contribution in [0.25, 0.3) is 0 Å². The maximum atomic E-state index is 13.8. The van der Waals surface area contributed by atoms with Gasteiger partial charge in [0.25, 0.3) is 0 Å². The molecule has 4 heteroatoms. The number of alkyl halides is 1. The van der Waals surface area contributed by atoms with Crippen LogP contribution in [-0.4, -0.2) is 17.4 Å². The van der Waals surface area contributed by atoms with E-state index >= 15 is 0 Å². The van der Waals surface area contributed by atoms with Gasteiger partial charge in [-0.2, -0.15) is 0 Å². The molecule has 196 valence electrons. The molecule has 3 nitrogen and oxygen atoms in total. The Hall–Kier alpha value is -2.20. The van der Waals surface area contributed by atoms with Crippen molar-refractivity contribution in [3.05, 3.63) is 72.3 Å². The zero-order chi connectivity index (χ0) is 26.8. The average Bonchev–Trinajstić information content (AvgIpc) is 3.01. The number of aliphatic imine (C=N–C) groups is 1. The Morgan fingerprint density at radius 1 is 1.20 bits per heavy atom. The Balaban J connectivity index is 3.73. The van der Waals surface area contributed by atoms with Gasteiger partial charge in [0.2, 0.25) is 0 Å². The SMILES string of the molecule is C=CN=C(CC)/C(C)=C(/C=C\C(C)F)NC(=C)C1=C(C=C)C(CC)(CCCC)C(N)(CCC)C1C. The molecule has 0 bridgehead atoms. The van der Waals surface area contributed by atoms with Crippen molar-refractivity contribution in [2.24, 2.45) is 22.1 Å². The largest absolute Gasteiger partial charge is 0.356 e. The van der Waals surface area contributed by atoms with Gasteiger partial charge in [0.15, 0.2) is 0 Å². The second-order valence-electron chi connectivity index (χ2n) is 9.87. The number of unbranched alkanes of at least 4 members (excludes halogenated alkanes) is 1. The third-order valence-electron chi connectivity index (χ3n) is 7.89. The van der Waals surface area contributed by atoms with Crippen molar-refractivity contribution in [3.63, 3.8) is 0 Å². The lowest BCUT2D eigenvalue weighted by atomic mass is 9.60. The molecule has 0 spiro atoms. The molecule has 0 saturated carbocycles. The molecular weight excluding hydrogens is 433 g/mol. The van der Waals surface area contributed by atoms with E-state index in [1.807, 2.05) is 19.9 Å². The number of hydrogen-bond donors (Lipinski definition) is 2. The minimum Gasteiger partial charge on any atom is -0.356 e. The molecule has 0 aromatic heterocycles. The first-order chi connectivity index (χ1) is 16.5. The van der Waals surface area contributed by atoms with Crippen LogP contribution in [0.15, 0.2) is 77.3 Å². The van der Waals surface area contributed by atoms with Crippen molar-refractivity contribution in [3.8, 4) is 0 Å². The fourth-order valence-electron chi connectivity index (χ4n) is 5.99. The van der Waals surface area contributed by atoms with E-state index in [0.29, 0.717) is 0 Å². The van der Waals surface area contributed by atoms with Crippen molar-refractivity contribution in [2.75, 3.05) is 0 Å². The molecule has 3 N–H and O–H groups in total. The van der Waals surface area contributed by atoms with Gasteiger partial charge < -0.3 is 11.1 Å². The molecule has 1 aliphatic rings. The first kappa shape index (κ1) is 30.8.